The van der Waals surface area contributed by atoms with Crippen LogP contribution in [0.4, 0.5) is 5.82 Å². The maximum absolute atomic E-state index is 11.5. The first-order chi connectivity index (χ1) is 7.84. The van der Waals surface area contributed by atoms with Crippen LogP contribution in [0, 0.1) is 0 Å². The molecule has 1 heterocycles. The van der Waals surface area contributed by atoms with Crippen molar-refractivity contribution < 1.29 is 9.32 Å². The quantitative estimate of drug-likeness (QED) is 0.852. The molecule has 1 amide bonds. The van der Waals surface area contributed by atoms with Crippen LogP contribution in [0.5, 0.6) is 0 Å². The number of aromatic nitrogens is 1. The Morgan fingerprint density at radius 2 is 2.06 bits per heavy atom. The third kappa shape index (κ3) is 2.95. The van der Waals surface area contributed by atoms with Crippen LogP contribution in [-0.4, -0.2) is 11.1 Å². The van der Waals surface area contributed by atoms with Gasteiger partial charge in [0.05, 0.1) is 0 Å². The van der Waals surface area contributed by atoms with Crippen molar-refractivity contribution in [3.63, 3.8) is 0 Å². The summed E-state index contributed by atoms with van der Waals surface area (Å²) in [5.74, 6) is 0.399. The number of aryl methyl sites for hydroxylation is 1. The Kier molecular flexibility index (Phi) is 3.33. The Balaban J connectivity index is 1.80. The molecule has 0 atom stereocenters. The molecule has 2 rings (SSSR count). The number of hydrogen-bond donors (Lipinski definition) is 1. The van der Waals surface area contributed by atoms with Crippen molar-refractivity contribution in [3.05, 3.63) is 48.2 Å². The third-order valence-electron chi connectivity index (χ3n) is 2.19. The van der Waals surface area contributed by atoms with Gasteiger partial charge in [0, 0.05) is 12.5 Å². The van der Waals surface area contributed by atoms with Crippen LogP contribution in [0.2, 0.25) is 0 Å². The molecule has 0 saturated heterocycles. The molecule has 16 heavy (non-hydrogen) atoms. The number of benzene rings is 1. The molecule has 0 bridgehead atoms. The first kappa shape index (κ1) is 10.4. The van der Waals surface area contributed by atoms with E-state index in [1.807, 2.05) is 30.3 Å². The predicted octanol–water partition coefficient (Wildman–Crippen LogP) is 2.25. The molecule has 1 aromatic heterocycles. The van der Waals surface area contributed by atoms with Gasteiger partial charge in [-0.25, -0.2) is 0 Å². The number of hydrogen-bond acceptors (Lipinski definition) is 3. The van der Waals surface area contributed by atoms with Crippen molar-refractivity contribution in [2.45, 2.75) is 12.8 Å². The minimum Gasteiger partial charge on any atom is -0.363 e. The van der Waals surface area contributed by atoms with Gasteiger partial charge in [-0.05, 0) is 12.0 Å². The monoisotopic (exact) mass is 216 g/mol. The van der Waals surface area contributed by atoms with Gasteiger partial charge in [0.15, 0.2) is 5.82 Å². The van der Waals surface area contributed by atoms with E-state index >= 15 is 0 Å². The van der Waals surface area contributed by atoms with Gasteiger partial charge in [0.2, 0.25) is 5.91 Å². The van der Waals surface area contributed by atoms with Gasteiger partial charge in [-0.2, -0.15) is 0 Å². The number of rotatable bonds is 4. The lowest BCUT2D eigenvalue weighted by molar-refractivity contribution is -0.116. The smallest absolute Gasteiger partial charge is 0.225 e. The lowest BCUT2D eigenvalue weighted by Gasteiger charge is -2.01. The second-order valence-electron chi connectivity index (χ2n) is 3.42. The van der Waals surface area contributed by atoms with Gasteiger partial charge in [-0.3, -0.25) is 4.79 Å². The fourth-order valence-electron chi connectivity index (χ4n) is 1.38. The zero-order chi connectivity index (χ0) is 11.2. The predicted molar refractivity (Wildman–Crippen MR) is 59.9 cm³/mol. The topological polar surface area (TPSA) is 55.1 Å². The van der Waals surface area contributed by atoms with E-state index in [9.17, 15) is 4.79 Å². The molecule has 0 aliphatic carbocycles. The van der Waals surface area contributed by atoms with Crippen molar-refractivity contribution in [2.24, 2.45) is 0 Å². The average molecular weight is 216 g/mol. The molecular weight excluding hydrogens is 204 g/mol. The highest BCUT2D eigenvalue weighted by Gasteiger charge is 2.04. The molecule has 82 valence electrons. The first-order valence-corrected chi connectivity index (χ1v) is 5.09. The van der Waals surface area contributed by atoms with E-state index in [-0.39, 0.29) is 5.91 Å². The van der Waals surface area contributed by atoms with Crippen LogP contribution in [-0.2, 0) is 11.2 Å². The highest BCUT2D eigenvalue weighted by Crippen LogP contribution is 2.05. The van der Waals surface area contributed by atoms with E-state index in [4.69, 9.17) is 0 Å². The zero-order valence-electron chi connectivity index (χ0n) is 8.72. The fraction of sp³-hybridized carbons (Fsp3) is 0.167. The van der Waals surface area contributed by atoms with Gasteiger partial charge in [-0.15, -0.1) is 0 Å². The maximum Gasteiger partial charge on any atom is 0.225 e. The molecule has 0 radical (unpaired) electrons. The van der Waals surface area contributed by atoms with Gasteiger partial charge in [-0.1, -0.05) is 35.5 Å². The Hall–Kier alpha value is -2.10. The van der Waals surface area contributed by atoms with E-state index in [2.05, 4.69) is 15.0 Å². The van der Waals surface area contributed by atoms with E-state index in [0.717, 1.165) is 12.0 Å². The van der Waals surface area contributed by atoms with E-state index in [0.29, 0.717) is 12.2 Å². The summed E-state index contributed by atoms with van der Waals surface area (Å²) in [7, 11) is 0. The maximum atomic E-state index is 11.5. The van der Waals surface area contributed by atoms with Crippen LogP contribution < -0.4 is 5.32 Å². The van der Waals surface area contributed by atoms with E-state index < -0.39 is 0 Å². The molecule has 4 heteroatoms. The summed E-state index contributed by atoms with van der Waals surface area (Å²) in [6, 6.07) is 11.5. The van der Waals surface area contributed by atoms with Crippen LogP contribution in [0.25, 0.3) is 0 Å². The van der Waals surface area contributed by atoms with Crippen LogP contribution in [0.15, 0.2) is 47.2 Å². The minimum atomic E-state index is -0.0576. The molecule has 0 saturated carbocycles. The van der Waals surface area contributed by atoms with Gasteiger partial charge >= 0.3 is 0 Å². The van der Waals surface area contributed by atoms with E-state index in [1.54, 1.807) is 6.07 Å². The molecule has 0 unspecified atom stereocenters. The Labute approximate surface area is 93.3 Å². The molecule has 1 aromatic carbocycles. The number of anilines is 1. The van der Waals surface area contributed by atoms with Gasteiger partial charge < -0.3 is 9.84 Å². The summed E-state index contributed by atoms with van der Waals surface area (Å²) in [4.78, 5) is 11.5. The van der Waals surface area contributed by atoms with E-state index in [1.165, 1.54) is 6.26 Å². The summed E-state index contributed by atoms with van der Waals surface area (Å²) >= 11 is 0. The summed E-state index contributed by atoms with van der Waals surface area (Å²) in [5.41, 5.74) is 1.15. The lowest BCUT2D eigenvalue weighted by Crippen LogP contribution is -2.12. The molecule has 2 aromatic rings. The van der Waals surface area contributed by atoms with Crippen molar-refractivity contribution >= 4 is 11.7 Å². The molecular formula is C12H12N2O2. The van der Waals surface area contributed by atoms with Crippen molar-refractivity contribution in [3.8, 4) is 0 Å². The molecule has 0 aliphatic rings. The highest BCUT2D eigenvalue weighted by atomic mass is 16.5. The van der Waals surface area contributed by atoms with Crippen molar-refractivity contribution in [1.29, 1.82) is 0 Å². The zero-order valence-corrected chi connectivity index (χ0v) is 8.72. The number of amides is 1. The van der Waals surface area contributed by atoms with Crippen molar-refractivity contribution in [2.75, 3.05) is 5.32 Å². The summed E-state index contributed by atoms with van der Waals surface area (Å²) in [6.07, 6.45) is 2.59. The van der Waals surface area contributed by atoms with Crippen molar-refractivity contribution in [1.82, 2.24) is 5.16 Å². The second-order valence-corrected chi connectivity index (χ2v) is 3.42. The standard InChI is InChI=1S/C12H12N2O2/c15-12(13-11-8-9-16-14-11)7-6-10-4-2-1-3-5-10/h1-5,8-9H,6-7H2,(H,13,14,15). The third-order valence-corrected chi connectivity index (χ3v) is 2.19. The normalized spacial score (nSPS) is 10.0. The highest BCUT2D eigenvalue weighted by molar-refractivity contribution is 5.89. The number of carbonyl (C=O) groups is 1. The largest absolute Gasteiger partial charge is 0.363 e. The molecule has 0 aliphatic heterocycles. The fourth-order valence-corrected chi connectivity index (χ4v) is 1.38. The number of carbonyl (C=O) groups excluding carboxylic acids is 1. The lowest BCUT2D eigenvalue weighted by atomic mass is 10.1. The van der Waals surface area contributed by atoms with Gasteiger partial charge in [0.25, 0.3) is 0 Å². The molecule has 0 fully saturated rings. The Morgan fingerprint density at radius 1 is 1.25 bits per heavy atom. The first-order valence-electron chi connectivity index (χ1n) is 5.09. The minimum absolute atomic E-state index is 0.0576. The average Bonchev–Trinajstić information content (AvgIpc) is 2.81. The van der Waals surface area contributed by atoms with Crippen LogP contribution in [0.1, 0.15) is 12.0 Å². The SMILES string of the molecule is O=C(CCc1ccccc1)Nc1ccon1. The molecule has 0 spiro atoms. The summed E-state index contributed by atoms with van der Waals surface area (Å²) < 4.78 is 4.61. The number of nitrogens with one attached hydrogen (secondary N) is 1. The van der Waals surface area contributed by atoms with Gasteiger partial charge in [0.1, 0.15) is 6.26 Å². The Morgan fingerprint density at radius 3 is 2.75 bits per heavy atom. The molecule has 4 nitrogen and oxygen atoms in total. The van der Waals surface area contributed by atoms with Crippen LogP contribution in [0.3, 0.4) is 0 Å². The second kappa shape index (κ2) is 5.11. The van der Waals surface area contributed by atoms with Crippen LogP contribution >= 0.6 is 0 Å². The summed E-state index contributed by atoms with van der Waals surface area (Å²) in [5, 5.41) is 6.25. The Bertz CT molecular complexity index is 437. The summed E-state index contributed by atoms with van der Waals surface area (Å²) in [6.45, 7) is 0. The number of nitrogens with zero attached hydrogens (tertiary/aromatic N) is 1. The molecule has 1 N–H and O–H groups in total.